The quantitative estimate of drug-likeness (QED) is 0.799. The molecule has 19 heavy (non-hydrogen) atoms. The normalized spacial score (nSPS) is 23.2. The average Bonchev–Trinajstić information content (AvgIpc) is 2.45. The van der Waals surface area contributed by atoms with E-state index in [9.17, 15) is 4.79 Å². The van der Waals surface area contributed by atoms with Crippen LogP contribution in [0.5, 0.6) is 0 Å². The lowest BCUT2D eigenvalue weighted by molar-refractivity contribution is -0.142. The van der Waals surface area contributed by atoms with Gasteiger partial charge >= 0.3 is 5.97 Å². The molecule has 0 heterocycles. The average molecular weight is 278 g/mol. The van der Waals surface area contributed by atoms with Crippen LogP contribution in [0, 0.1) is 5.92 Å². The Balaban J connectivity index is 1.58. The summed E-state index contributed by atoms with van der Waals surface area (Å²) in [5.74, 6) is 0.505. The number of hydrogen-bond acceptors (Lipinski definition) is 2. The molecule has 0 bridgehead atoms. The molecule has 104 valence electrons. The van der Waals surface area contributed by atoms with E-state index in [1.807, 2.05) is 11.8 Å². The van der Waals surface area contributed by atoms with Crippen molar-refractivity contribution in [3.8, 4) is 0 Å². The summed E-state index contributed by atoms with van der Waals surface area (Å²) in [7, 11) is 0. The number of aryl methyl sites for hydroxylation is 1. The molecule has 1 fully saturated rings. The Hall–Kier alpha value is -0.960. The van der Waals surface area contributed by atoms with Gasteiger partial charge in [-0.1, -0.05) is 30.3 Å². The van der Waals surface area contributed by atoms with Crippen molar-refractivity contribution in [2.45, 2.75) is 43.8 Å². The number of thioether (sulfide) groups is 1. The first-order valence-electron chi connectivity index (χ1n) is 7.14. The molecule has 3 heteroatoms. The summed E-state index contributed by atoms with van der Waals surface area (Å²) in [6, 6.07) is 10.6. The second-order valence-electron chi connectivity index (χ2n) is 5.27. The van der Waals surface area contributed by atoms with Crippen LogP contribution in [-0.4, -0.2) is 22.1 Å². The number of hydrogen-bond donors (Lipinski definition) is 1. The Morgan fingerprint density at radius 1 is 1.16 bits per heavy atom. The zero-order valence-electron chi connectivity index (χ0n) is 11.3. The Bertz CT molecular complexity index is 383. The fraction of sp³-hybridized carbons (Fsp3) is 0.562. The monoisotopic (exact) mass is 278 g/mol. The molecule has 0 spiro atoms. The first kappa shape index (κ1) is 14.4. The highest BCUT2D eigenvalue weighted by molar-refractivity contribution is 7.99. The van der Waals surface area contributed by atoms with Crippen molar-refractivity contribution >= 4 is 17.7 Å². The van der Waals surface area contributed by atoms with Crippen LogP contribution in [0.3, 0.4) is 0 Å². The summed E-state index contributed by atoms with van der Waals surface area (Å²) in [5, 5.41) is 9.64. The highest BCUT2D eigenvalue weighted by atomic mass is 32.2. The SMILES string of the molecule is O=C(O)C1CCC(SCCCc2ccccc2)CC1. The van der Waals surface area contributed by atoms with Crippen molar-refractivity contribution in [3.63, 3.8) is 0 Å². The second kappa shape index (κ2) is 7.59. The van der Waals surface area contributed by atoms with Crippen LogP contribution >= 0.6 is 11.8 Å². The summed E-state index contributed by atoms with van der Waals surface area (Å²) in [5.41, 5.74) is 1.41. The van der Waals surface area contributed by atoms with Gasteiger partial charge in [0.2, 0.25) is 0 Å². The maximum Gasteiger partial charge on any atom is 0.306 e. The van der Waals surface area contributed by atoms with Crippen molar-refractivity contribution in [2.75, 3.05) is 5.75 Å². The molecule has 1 N–H and O–H groups in total. The smallest absolute Gasteiger partial charge is 0.306 e. The van der Waals surface area contributed by atoms with Crippen LogP contribution in [0.4, 0.5) is 0 Å². The topological polar surface area (TPSA) is 37.3 Å². The maximum atomic E-state index is 10.9. The molecule has 0 unspecified atom stereocenters. The van der Waals surface area contributed by atoms with Gasteiger partial charge in [0.25, 0.3) is 0 Å². The zero-order valence-corrected chi connectivity index (χ0v) is 12.1. The molecule has 1 aromatic rings. The minimum absolute atomic E-state index is 0.0823. The molecule has 1 aromatic carbocycles. The molecular formula is C16H22O2S. The minimum Gasteiger partial charge on any atom is -0.481 e. The predicted octanol–water partition coefficient (Wildman–Crippen LogP) is 4.00. The van der Waals surface area contributed by atoms with E-state index < -0.39 is 5.97 Å². The van der Waals surface area contributed by atoms with Crippen LogP contribution in [0.2, 0.25) is 0 Å². The third-order valence-electron chi connectivity index (χ3n) is 3.83. The largest absolute Gasteiger partial charge is 0.481 e. The van der Waals surface area contributed by atoms with E-state index in [0.717, 1.165) is 32.1 Å². The van der Waals surface area contributed by atoms with Crippen LogP contribution < -0.4 is 0 Å². The number of benzene rings is 1. The van der Waals surface area contributed by atoms with Crippen LogP contribution in [-0.2, 0) is 11.2 Å². The molecule has 0 atom stereocenters. The van der Waals surface area contributed by atoms with E-state index in [4.69, 9.17) is 5.11 Å². The third-order valence-corrected chi connectivity index (χ3v) is 5.30. The molecule has 0 radical (unpaired) electrons. The van der Waals surface area contributed by atoms with Gasteiger partial charge in [-0.25, -0.2) is 0 Å². The highest BCUT2D eigenvalue weighted by Gasteiger charge is 2.25. The highest BCUT2D eigenvalue weighted by Crippen LogP contribution is 2.32. The molecule has 0 amide bonds. The summed E-state index contributed by atoms with van der Waals surface area (Å²) in [4.78, 5) is 10.9. The Morgan fingerprint density at radius 2 is 1.84 bits per heavy atom. The first-order valence-corrected chi connectivity index (χ1v) is 8.19. The van der Waals surface area contributed by atoms with Crippen molar-refractivity contribution in [2.24, 2.45) is 5.92 Å². The van der Waals surface area contributed by atoms with Gasteiger partial charge in [0.1, 0.15) is 0 Å². The number of carbonyl (C=O) groups is 1. The molecule has 1 saturated carbocycles. The van der Waals surface area contributed by atoms with Crippen LogP contribution in [0.15, 0.2) is 30.3 Å². The van der Waals surface area contributed by atoms with Gasteiger partial charge in [-0.3, -0.25) is 4.79 Å². The third kappa shape index (κ3) is 4.90. The first-order chi connectivity index (χ1) is 9.25. The Morgan fingerprint density at radius 3 is 2.47 bits per heavy atom. The van der Waals surface area contributed by atoms with Crippen molar-refractivity contribution < 1.29 is 9.90 Å². The Kier molecular flexibility index (Phi) is 5.77. The van der Waals surface area contributed by atoms with E-state index in [1.165, 1.54) is 17.7 Å². The molecule has 0 aromatic heterocycles. The van der Waals surface area contributed by atoms with E-state index in [-0.39, 0.29) is 5.92 Å². The van der Waals surface area contributed by atoms with Crippen molar-refractivity contribution in [1.82, 2.24) is 0 Å². The minimum atomic E-state index is -0.604. The van der Waals surface area contributed by atoms with Gasteiger partial charge in [-0.2, -0.15) is 11.8 Å². The van der Waals surface area contributed by atoms with Gasteiger partial charge in [0, 0.05) is 5.25 Å². The number of carboxylic acids is 1. The number of carboxylic acid groups (broad SMARTS) is 1. The van der Waals surface area contributed by atoms with Gasteiger partial charge < -0.3 is 5.11 Å². The molecular weight excluding hydrogens is 256 g/mol. The molecule has 1 aliphatic carbocycles. The lowest BCUT2D eigenvalue weighted by atomic mass is 9.89. The molecule has 2 nitrogen and oxygen atoms in total. The summed E-state index contributed by atoms with van der Waals surface area (Å²) in [6.07, 6.45) is 6.25. The van der Waals surface area contributed by atoms with Crippen LogP contribution in [0.25, 0.3) is 0 Å². The second-order valence-corrected chi connectivity index (χ2v) is 6.68. The van der Waals surface area contributed by atoms with Crippen LogP contribution in [0.1, 0.15) is 37.7 Å². The molecule has 2 rings (SSSR count). The number of rotatable bonds is 6. The lowest BCUT2D eigenvalue weighted by Gasteiger charge is -2.25. The van der Waals surface area contributed by atoms with E-state index in [1.54, 1.807) is 0 Å². The van der Waals surface area contributed by atoms with E-state index in [0.29, 0.717) is 5.25 Å². The Labute approximate surface area is 119 Å². The van der Waals surface area contributed by atoms with Gasteiger partial charge in [-0.05, 0) is 49.8 Å². The summed E-state index contributed by atoms with van der Waals surface area (Å²) >= 11 is 2.04. The van der Waals surface area contributed by atoms with Gasteiger partial charge in [0.15, 0.2) is 0 Å². The van der Waals surface area contributed by atoms with E-state index in [2.05, 4.69) is 30.3 Å². The molecule has 1 aliphatic rings. The van der Waals surface area contributed by atoms with Gasteiger partial charge in [0.05, 0.1) is 5.92 Å². The summed E-state index contributed by atoms with van der Waals surface area (Å²) in [6.45, 7) is 0. The van der Waals surface area contributed by atoms with E-state index >= 15 is 0 Å². The number of aliphatic carboxylic acids is 1. The summed E-state index contributed by atoms with van der Waals surface area (Å²) < 4.78 is 0. The maximum absolute atomic E-state index is 10.9. The van der Waals surface area contributed by atoms with Crippen molar-refractivity contribution in [3.05, 3.63) is 35.9 Å². The fourth-order valence-electron chi connectivity index (χ4n) is 2.65. The predicted molar refractivity (Wildman–Crippen MR) is 80.6 cm³/mol. The lowest BCUT2D eigenvalue weighted by Crippen LogP contribution is -2.22. The fourth-order valence-corrected chi connectivity index (χ4v) is 3.90. The standard InChI is InChI=1S/C16H22O2S/c17-16(18)14-8-10-15(11-9-14)19-12-4-7-13-5-2-1-3-6-13/h1-3,5-6,14-15H,4,7-12H2,(H,17,18). The zero-order chi connectivity index (χ0) is 13.5. The van der Waals surface area contributed by atoms with Gasteiger partial charge in [-0.15, -0.1) is 0 Å². The van der Waals surface area contributed by atoms with Crippen molar-refractivity contribution in [1.29, 1.82) is 0 Å². The molecule has 0 saturated heterocycles. The molecule has 0 aliphatic heterocycles.